The lowest BCUT2D eigenvalue weighted by atomic mass is 10.2. The quantitative estimate of drug-likeness (QED) is 0.623. The summed E-state index contributed by atoms with van der Waals surface area (Å²) in [6.45, 7) is 7.97. The van der Waals surface area contributed by atoms with E-state index in [1.54, 1.807) is 29.2 Å². The molecule has 19 heavy (non-hydrogen) atoms. The highest BCUT2D eigenvalue weighted by Gasteiger charge is 2.12. The molecule has 0 aliphatic heterocycles. The Morgan fingerprint density at radius 2 is 2.11 bits per heavy atom. The highest BCUT2D eigenvalue weighted by molar-refractivity contribution is 6.76. The summed E-state index contributed by atoms with van der Waals surface area (Å²) in [7, 11) is -1.07. The third-order valence-corrected chi connectivity index (χ3v) is 4.71. The van der Waals surface area contributed by atoms with Crippen LogP contribution in [-0.2, 0) is 11.5 Å². The summed E-state index contributed by atoms with van der Waals surface area (Å²) in [5.74, 6) is 0. The maximum Gasteiger partial charge on any atom is 0.260 e. The third-order valence-electron chi connectivity index (χ3n) is 3.00. The maximum absolute atomic E-state index is 12.2. The zero-order chi connectivity index (χ0) is 13.9. The Bertz CT molecular complexity index is 617. The monoisotopic (exact) mass is 276 g/mol. The molecule has 0 aromatic carbocycles. The first-order valence-corrected chi connectivity index (χ1v) is 10.2. The van der Waals surface area contributed by atoms with Gasteiger partial charge < -0.3 is 4.74 Å². The first kappa shape index (κ1) is 14.0. The van der Waals surface area contributed by atoms with Crippen molar-refractivity contribution in [3.05, 3.63) is 41.1 Å². The summed E-state index contributed by atoms with van der Waals surface area (Å²) >= 11 is 0. The van der Waals surface area contributed by atoms with Gasteiger partial charge in [-0.3, -0.25) is 14.3 Å². The van der Waals surface area contributed by atoms with E-state index in [0.717, 1.165) is 18.0 Å². The van der Waals surface area contributed by atoms with E-state index in [0.29, 0.717) is 12.1 Å². The van der Waals surface area contributed by atoms with Crippen LogP contribution < -0.4 is 5.56 Å². The molecular formula is C14H20N2O2Si. The largest absolute Gasteiger partial charge is 0.361 e. The Morgan fingerprint density at radius 1 is 1.32 bits per heavy atom. The van der Waals surface area contributed by atoms with Crippen molar-refractivity contribution < 1.29 is 4.74 Å². The van der Waals surface area contributed by atoms with E-state index in [-0.39, 0.29) is 5.56 Å². The SMILES string of the molecule is C[Si](C)(C)CCOCn1ccc2cnccc2c1=O. The molecule has 2 rings (SSSR count). The molecule has 0 N–H and O–H groups in total. The molecule has 0 saturated heterocycles. The van der Waals surface area contributed by atoms with Gasteiger partial charge in [-0.25, -0.2) is 0 Å². The van der Waals surface area contributed by atoms with Gasteiger partial charge in [0.05, 0.1) is 5.39 Å². The zero-order valence-corrected chi connectivity index (χ0v) is 12.7. The van der Waals surface area contributed by atoms with Gasteiger partial charge in [0.15, 0.2) is 0 Å². The lowest BCUT2D eigenvalue weighted by molar-refractivity contribution is 0.0851. The molecule has 4 nitrogen and oxygen atoms in total. The van der Waals surface area contributed by atoms with Crippen molar-refractivity contribution in [2.45, 2.75) is 32.4 Å². The molecule has 2 aromatic rings. The smallest absolute Gasteiger partial charge is 0.260 e. The van der Waals surface area contributed by atoms with Gasteiger partial charge in [-0.2, -0.15) is 0 Å². The van der Waals surface area contributed by atoms with Crippen LogP contribution in [0.1, 0.15) is 0 Å². The normalized spacial score (nSPS) is 11.9. The van der Waals surface area contributed by atoms with Crippen LogP contribution in [-0.4, -0.2) is 24.2 Å². The van der Waals surface area contributed by atoms with Crippen molar-refractivity contribution in [3.63, 3.8) is 0 Å². The van der Waals surface area contributed by atoms with Crippen LogP contribution >= 0.6 is 0 Å². The van der Waals surface area contributed by atoms with Crippen LogP contribution in [0.25, 0.3) is 10.8 Å². The maximum atomic E-state index is 12.2. The van der Waals surface area contributed by atoms with Gasteiger partial charge >= 0.3 is 0 Å². The highest BCUT2D eigenvalue weighted by atomic mass is 28.3. The average Bonchev–Trinajstić information content (AvgIpc) is 2.36. The molecule has 0 spiro atoms. The van der Waals surface area contributed by atoms with Crippen molar-refractivity contribution in [3.8, 4) is 0 Å². The number of aromatic nitrogens is 2. The fourth-order valence-electron chi connectivity index (χ4n) is 1.77. The van der Waals surface area contributed by atoms with E-state index >= 15 is 0 Å². The van der Waals surface area contributed by atoms with Gasteiger partial charge in [-0.15, -0.1) is 0 Å². The first-order valence-electron chi connectivity index (χ1n) is 6.48. The zero-order valence-electron chi connectivity index (χ0n) is 11.7. The number of rotatable bonds is 5. The molecule has 0 aliphatic carbocycles. The second-order valence-corrected chi connectivity index (χ2v) is 11.5. The average molecular weight is 276 g/mol. The minimum Gasteiger partial charge on any atom is -0.361 e. The van der Waals surface area contributed by atoms with Crippen molar-refractivity contribution in [2.75, 3.05) is 6.61 Å². The summed E-state index contributed by atoms with van der Waals surface area (Å²) in [6.07, 6.45) is 5.11. The summed E-state index contributed by atoms with van der Waals surface area (Å²) in [5, 5.41) is 1.55. The fourth-order valence-corrected chi connectivity index (χ4v) is 2.53. The van der Waals surface area contributed by atoms with E-state index in [4.69, 9.17) is 4.74 Å². The van der Waals surface area contributed by atoms with Crippen molar-refractivity contribution >= 4 is 18.8 Å². The van der Waals surface area contributed by atoms with E-state index in [1.807, 2.05) is 6.07 Å². The molecule has 0 amide bonds. The summed E-state index contributed by atoms with van der Waals surface area (Å²) in [6, 6.07) is 4.75. The van der Waals surface area contributed by atoms with Gasteiger partial charge in [-0.1, -0.05) is 19.6 Å². The van der Waals surface area contributed by atoms with Crippen molar-refractivity contribution in [2.24, 2.45) is 0 Å². The minimum atomic E-state index is -1.07. The number of hydrogen-bond donors (Lipinski definition) is 0. The molecule has 0 aliphatic rings. The molecule has 0 unspecified atom stereocenters. The molecule has 102 valence electrons. The standard InChI is InChI=1S/C14H20N2O2Si/c1-19(2,3)9-8-18-11-16-7-5-12-10-15-6-4-13(12)14(16)17/h4-7,10H,8-9,11H2,1-3H3. The molecule has 0 atom stereocenters. The van der Waals surface area contributed by atoms with Crippen molar-refractivity contribution in [1.29, 1.82) is 0 Å². The minimum absolute atomic E-state index is 0.0205. The number of fused-ring (bicyclic) bond motifs is 1. The van der Waals surface area contributed by atoms with Gasteiger partial charge in [0.1, 0.15) is 6.73 Å². The lowest BCUT2D eigenvalue weighted by Gasteiger charge is -2.15. The third kappa shape index (κ3) is 3.75. The molecule has 0 saturated carbocycles. The van der Waals surface area contributed by atoms with Gasteiger partial charge in [-0.05, 0) is 18.2 Å². The van der Waals surface area contributed by atoms with Crippen LogP contribution in [0.4, 0.5) is 0 Å². The Balaban J connectivity index is 2.06. The number of ether oxygens (including phenoxy) is 1. The van der Waals surface area contributed by atoms with Crippen molar-refractivity contribution in [1.82, 2.24) is 9.55 Å². The van der Waals surface area contributed by atoms with E-state index in [1.165, 1.54) is 0 Å². The van der Waals surface area contributed by atoms with E-state index < -0.39 is 8.07 Å². The van der Waals surface area contributed by atoms with Crippen LogP contribution in [0.2, 0.25) is 25.7 Å². The predicted octanol–water partition coefficient (Wildman–Crippen LogP) is 2.71. The fraction of sp³-hybridized carbons (Fsp3) is 0.429. The Morgan fingerprint density at radius 3 is 2.84 bits per heavy atom. The Labute approximate surface area is 114 Å². The molecule has 2 aromatic heterocycles. The molecule has 2 heterocycles. The predicted molar refractivity (Wildman–Crippen MR) is 80.1 cm³/mol. The number of nitrogens with zero attached hydrogens (tertiary/aromatic N) is 2. The van der Waals surface area contributed by atoms with E-state index in [2.05, 4.69) is 24.6 Å². The van der Waals surface area contributed by atoms with Crippen LogP contribution in [0, 0.1) is 0 Å². The van der Waals surface area contributed by atoms with Gasteiger partial charge in [0.25, 0.3) is 5.56 Å². The molecule has 5 heteroatoms. The summed E-state index contributed by atoms with van der Waals surface area (Å²) in [4.78, 5) is 16.2. The van der Waals surface area contributed by atoms with Gasteiger partial charge in [0.2, 0.25) is 0 Å². The first-order chi connectivity index (χ1) is 8.97. The molecule has 0 fully saturated rings. The topological polar surface area (TPSA) is 44.1 Å². The molecule has 0 bridgehead atoms. The van der Waals surface area contributed by atoms with Crippen LogP contribution in [0.3, 0.4) is 0 Å². The highest BCUT2D eigenvalue weighted by Crippen LogP contribution is 2.08. The second kappa shape index (κ2) is 5.67. The molecule has 0 radical (unpaired) electrons. The second-order valence-electron chi connectivity index (χ2n) is 5.90. The van der Waals surface area contributed by atoms with Crippen LogP contribution in [0.5, 0.6) is 0 Å². The van der Waals surface area contributed by atoms with Gasteiger partial charge in [0, 0.05) is 38.7 Å². The summed E-state index contributed by atoms with van der Waals surface area (Å²) < 4.78 is 7.21. The van der Waals surface area contributed by atoms with E-state index in [9.17, 15) is 4.79 Å². The van der Waals surface area contributed by atoms with Crippen LogP contribution in [0.15, 0.2) is 35.5 Å². The molecular weight excluding hydrogens is 256 g/mol. The Kier molecular flexibility index (Phi) is 4.16. The summed E-state index contributed by atoms with van der Waals surface area (Å²) in [5.41, 5.74) is -0.0205. The number of hydrogen-bond acceptors (Lipinski definition) is 3. The lowest BCUT2D eigenvalue weighted by Crippen LogP contribution is -2.24. The Hall–Kier alpha value is -1.46. The number of pyridine rings is 2.